The molecule has 1 aromatic heterocycles. The van der Waals surface area contributed by atoms with Crippen LogP contribution in [0.2, 0.25) is 5.02 Å². The number of carbonyl (C=O) groups is 1. The van der Waals surface area contributed by atoms with Gasteiger partial charge in [-0.05, 0) is 61.9 Å². The second-order valence-corrected chi connectivity index (χ2v) is 6.99. The van der Waals surface area contributed by atoms with E-state index in [-0.39, 0.29) is 0 Å². The molecule has 8 heteroatoms. The first-order valence-electron chi connectivity index (χ1n) is 8.51. The molecule has 0 atom stereocenters. The smallest absolute Gasteiger partial charge is 0.343 e. The number of aromatic nitrogens is 1. The van der Waals surface area contributed by atoms with E-state index in [9.17, 15) is 4.79 Å². The summed E-state index contributed by atoms with van der Waals surface area (Å²) >= 11 is 7.33. The normalized spacial score (nSPS) is 10.8. The average molecular weight is 416 g/mol. The van der Waals surface area contributed by atoms with Crippen LogP contribution in [0.15, 0.2) is 52.9 Å². The first-order chi connectivity index (χ1) is 13.5. The van der Waals surface area contributed by atoms with Gasteiger partial charge in [0.25, 0.3) is 0 Å². The number of ether oxygens (including phenoxy) is 2. The Balaban J connectivity index is 1.72. The molecule has 0 amide bonds. The highest BCUT2D eigenvalue weighted by Crippen LogP contribution is 2.29. The minimum absolute atomic E-state index is 0.336. The van der Waals surface area contributed by atoms with E-state index in [1.165, 1.54) is 11.3 Å². The SMILES string of the molecule is CCOc1cc(/C=N\Nc2nc(C)cs2)ccc1OC(=O)c1ccc(Cl)cc1. The van der Waals surface area contributed by atoms with Crippen LogP contribution in [0.3, 0.4) is 0 Å². The molecule has 1 heterocycles. The lowest BCUT2D eigenvalue weighted by Gasteiger charge is -2.11. The van der Waals surface area contributed by atoms with Gasteiger partial charge in [0.2, 0.25) is 5.13 Å². The standard InChI is InChI=1S/C20H18ClN3O3S/c1-3-26-18-10-14(11-22-24-20-23-13(2)12-28-20)4-9-17(18)27-19(25)15-5-7-16(21)8-6-15/h4-12H,3H2,1-2H3,(H,23,24)/b22-11-. The molecule has 0 saturated carbocycles. The Morgan fingerprint density at radius 1 is 1.25 bits per heavy atom. The van der Waals surface area contributed by atoms with Gasteiger partial charge in [-0.1, -0.05) is 11.6 Å². The molecule has 1 N–H and O–H groups in total. The summed E-state index contributed by atoms with van der Waals surface area (Å²) in [5.41, 5.74) is 5.01. The molecule has 3 aromatic rings. The lowest BCUT2D eigenvalue weighted by Crippen LogP contribution is -2.09. The van der Waals surface area contributed by atoms with Crippen molar-refractivity contribution in [2.24, 2.45) is 5.10 Å². The van der Waals surface area contributed by atoms with E-state index in [4.69, 9.17) is 21.1 Å². The Hall–Kier alpha value is -2.90. The molecule has 0 aliphatic rings. The van der Waals surface area contributed by atoms with Gasteiger partial charge in [-0.15, -0.1) is 11.3 Å². The molecule has 0 bridgehead atoms. The minimum Gasteiger partial charge on any atom is -0.490 e. The van der Waals surface area contributed by atoms with Gasteiger partial charge in [0.1, 0.15) is 0 Å². The van der Waals surface area contributed by atoms with Crippen LogP contribution in [0, 0.1) is 6.92 Å². The number of esters is 1. The summed E-state index contributed by atoms with van der Waals surface area (Å²) in [6, 6.07) is 11.7. The fourth-order valence-electron chi connectivity index (χ4n) is 2.27. The zero-order chi connectivity index (χ0) is 19.9. The Bertz CT molecular complexity index is 987. The van der Waals surface area contributed by atoms with E-state index < -0.39 is 5.97 Å². The van der Waals surface area contributed by atoms with Crippen molar-refractivity contribution in [3.05, 3.63) is 69.7 Å². The van der Waals surface area contributed by atoms with Crippen molar-refractivity contribution >= 4 is 40.3 Å². The van der Waals surface area contributed by atoms with E-state index in [0.29, 0.717) is 33.8 Å². The maximum absolute atomic E-state index is 12.3. The van der Waals surface area contributed by atoms with Crippen LogP contribution in [0.5, 0.6) is 11.5 Å². The molecule has 2 aromatic carbocycles. The number of hydrogen-bond acceptors (Lipinski definition) is 7. The van der Waals surface area contributed by atoms with Gasteiger partial charge >= 0.3 is 5.97 Å². The van der Waals surface area contributed by atoms with E-state index in [1.54, 1.807) is 48.7 Å². The van der Waals surface area contributed by atoms with Gasteiger partial charge in [0.15, 0.2) is 11.5 Å². The topological polar surface area (TPSA) is 72.8 Å². The zero-order valence-electron chi connectivity index (χ0n) is 15.3. The molecule has 28 heavy (non-hydrogen) atoms. The summed E-state index contributed by atoms with van der Waals surface area (Å²) in [5, 5.41) is 7.38. The number of hydrogen-bond donors (Lipinski definition) is 1. The van der Waals surface area contributed by atoms with E-state index in [1.807, 2.05) is 19.2 Å². The maximum atomic E-state index is 12.3. The van der Waals surface area contributed by atoms with Gasteiger partial charge < -0.3 is 9.47 Å². The lowest BCUT2D eigenvalue weighted by molar-refractivity contribution is 0.0728. The number of nitrogens with zero attached hydrogens (tertiary/aromatic N) is 2. The van der Waals surface area contributed by atoms with Crippen molar-refractivity contribution in [1.29, 1.82) is 0 Å². The third-order valence-electron chi connectivity index (χ3n) is 3.54. The Kier molecular flexibility index (Phi) is 6.62. The van der Waals surface area contributed by atoms with Gasteiger partial charge in [0, 0.05) is 10.4 Å². The Morgan fingerprint density at radius 3 is 2.71 bits per heavy atom. The monoisotopic (exact) mass is 415 g/mol. The van der Waals surface area contributed by atoms with Crippen LogP contribution in [0.25, 0.3) is 0 Å². The number of rotatable bonds is 7. The summed E-state index contributed by atoms with van der Waals surface area (Å²) in [6.45, 7) is 4.21. The van der Waals surface area contributed by atoms with Crippen LogP contribution in [0.1, 0.15) is 28.5 Å². The highest BCUT2D eigenvalue weighted by molar-refractivity contribution is 7.13. The number of thiazole rings is 1. The van der Waals surface area contributed by atoms with Gasteiger partial charge in [-0.25, -0.2) is 9.78 Å². The number of nitrogens with one attached hydrogen (secondary N) is 1. The predicted octanol–water partition coefficient (Wildman–Crippen LogP) is 5.17. The van der Waals surface area contributed by atoms with Crippen molar-refractivity contribution in [1.82, 2.24) is 4.98 Å². The highest BCUT2D eigenvalue weighted by atomic mass is 35.5. The molecular weight excluding hydrogens is 398 g/mol. The average Bonchev–Trinajstić information content (AvgIpc) is 3.09. The van der Waals surface area contributed by atoms with Gasteiger partial charge in [-0.2, -0.15) is 5.10 Å². The quantitative estimate of drug-likeness (QED) is 0.249. The summed E-state index contributed by atoms with van der Waals surface area (Å²) < 4.78 is 11.1. The number of carbonyl (C=O) groups excluding carboxylic acids is 1. The first kappa shape index (κ1) is 19.9. The number of anilines is 1. The molecular formula is C20H18ClN3O3S. The highest BCUT2D eigenvalue weighted by Gasteiger charge is 2.13. The number of benzene rings is 2. The van der Waals surface area contributed by atoms with Crippen LogP contribution >= 0.6 is 22.9 Å². The molecule has 0 unspecified atom stereocenters. The van der Waals surface area contributed by atoms with Gasteiger partial charge in [0.05, 0.1) is 24.1 Å². The number of halogens is 1. The van der Waals surface area contributed by atoms with Crippen molar-refractivity contribution in [2.75, 3.05) is 12.0 Å². The number of aryl methyl sites for hydroxylation is 1. The first-order valence-corrected chi connectivity index (χ1v) is 9.76. The molecule has 0 saturated heterocycles. The number of hydrazone groups is 1. The third-order valence-corrected chi connectivity index (χ3v) is 4.66. The summed E-state index contributed by atoms with van der Waals surface area (Å²) in [6.07, 6.45) is 1.64. The summed E-state index contributed by atoms with van der Waals surface area (Å²) in [7, 11) is 0. The summed E-state index contributed by atoms with van der Waals surface area (Å²) in [4.78, 5) is 16.6. The fraction of sp³-hybridized carbons (Fsp3) is 0.150. The molecule has 0 spiro atoms. The van der Waals surface area contributed by atoms with Crippen LogP contribution in [-0.4, -0.2) is 23.8 Å². The molecule has 0 aliphatic carbocycles. The largest absolute Gasteiger partial charge is 0.490 e. The Labute approximate surface area is 171 Å². The molecule has 0 radical (unpaired) electrons. The van der Waals surface area contributed by atoms with E-state index >= 15 is 0 Å². The second kappa shape index (κ2) is 9.34. The third kappa shape index (κ3) is 5.31. The van der Waals surface area contributed by atoms with Crippen molar-refractivity contribution in [2.45, 2.75) is 13.8 Å². The summed E-state index contributed by atoms with van der Waals surface area (Å²) in [5.74, 6) is 0.307. The van der Waals surface area contributed by atoms with E-state index in [2.05, 4.69) is 15.5 Å². The minimum atomic E-state index is -0.486. The van der Waals surface area contributed by atoms with Crippen LogP contribution in [0.4, 0.5) is 5.13 Å². The maximum Gasteiger partial charge on any atom is 0.343 e. The fourth-order valence-corrected chi connectivity index (χ4v) is 3.03. The van der Waals surface area contributed by atoms with Crippen LogP contribution in [-0.2, 0) is 0 Å². The molecule has 144 valence electrons. The Morgan fingerprint density at radius 2 is 2.04 bits per heavy atom. The van der Waals surface area contributed by atoms with Crippen LogP contribution < -0.4 is 14.9 Å². The van der Waals surface area contributed by atoms with Crippen molar-refractivity contribution in [3.8, 4) is 11.5 Å². The van der Waals surface area contributed by atoms with Gasteiger partial charge in [-0.3, -0.25) is 5.43 Å². The predicted molar refractivity (Wildman–Crippen MR) is 112 cm³/mol. The van der Waals surface area contributed by atoms with E-state index in [0.717, 1.165) is 11.3 Å². The zero-order valence-corrected chi connectivity index (χ0v) is 16.9. The van der Waals surface area contributed by atoms with Crippen molar-refractivity contribution < 1.29 is 14.3 Å². The second-order valence-electron chi connectivity index (χ2n) is 5.70. The molecule has 0 fully saturated rings. The van der Waals surface area contributed by atoms with Crippen molar-refractivity contribution in [3.63, 3.8) is 0 Å². The molecule has 3 rings (SSSR count). The molecule has 0 aliphatic heterocycles. The molecule has 6 nitrogen and oxygen atoms in total. The lowest BCUT2D eigenvalue weighted by atomic mass is 10.2.